The molecule has 1 fully saturated rings. The number of H-pyrrole nitrogens is 1. The third-order valence-corrected chi connectivity index (χ3v) is 8.42. The van der Waals surface area contributed by atoms with E-state index in [-0.39, 0.29) is 0 Å². The fraction of sp³-hybridized carbons (Fsp3) is 0.343. The summed E-state index contributed by atoms with van der Waals surface area (Å²) in [7, 11) is 4.28. The van der Waals surface area contributed by atoms with Gasteiger partial charge < -0.3 is 38.8 Å². The molecule has 4 aromatic rings. The first-order valence-electron chi connectivity index (χ1n) is 15.6. The second-order valence-corrected chi connectivity index (χ2v) is 11.4. The topological polar surface area (TPSA) is 160 Å². The molecule has 16 heteroatoms. The van der Waals surface area contributed by atoms with Crippen LogP contribution in [0.25, 0.3) is 0 Å². The minimum atomic E-state index is -5.15. The Bertz CT molecular complexity index is 1840. The Morgan fingerprint density at radius 1 is 0.902 bits per heavy atom. The molecule has 4 atom stereocenters. The zero-order valence-corrected chi connectivity index (χ0v) is 27.7. The lowest BCUT2D eigenvalue weighted by molar-refractivity contribution is -0.295. The summed E-state index contributed by atoms with van der Waals surface area (Å²) in [5.74, 6) is -3.31. The van der Waals surface area contributed by atoms with Gasteiger partial charge in [0.05, 0.1) is 20.8 Å². The Kier molecular flexibility index (Phi) is 11.3. The van der Waals surface area contributed by atoms with Crippen LogP contribution < -0.4 is 26.0 Å². The third-order valence-electron chi connectivity index (χ3n) is 8.42. The van der Waals surface area contributed by atoms with Gasteiger partial charge in [0.1, 0.15) is 35.9 Å². The first-order valence-corrected chi connectivity index (χ1v) is 15.6. The van der Waals surface area contributed by atoms with Gasteiger partial charge >= 0.3 is 17.8 Å². The van der Waals surface area contributed by atoms with Crippen molar-refractivity contribution in [1.29, 1.82) is 0 Å². The van der Waals surface area contributed by atoms with Gasteiger partial charge in [-0.25, -0.2) is 4.79 Å². The lowest BCUT2D eigenvalue weighted by Crippen LogP contribution is -2.52. The Hall–Kier alpha value is -5.00. The van der Waals surface area contributed by atoms with Crippen LogP contribution in [0.2, 0.25) is 0 Å². The van der Waals surface area contributed by atoms with Crippen molar-refractivity contribution in [3.63, 3.8) is 0 Å². The number of benzene rings is 3. The highest BCUT2D eigenvalue weighted by Gasteiger charge is 2.59. The van der Waals surface area contributed by atoms with Gasteiger partial charge in [-0.05, 0) is 41.0 Å². The zero-order valence-electron chi connectivity index (χ0n) is 27.7. The summed E-state index contributed by atoms with van der Waals surface area (Å²) >= 11 is 0. The fourth-order valence-corrected chi connectivity index (χ4v) is 5.89. The molecule has 3 aromatic carbocycles. The van der Waals surface area contributed by atoms with E-state index in [1.165, 1.54) is 21.3 Å². The predicted octanol–water partition coefficient (Wildman–Crippen LogP) is 2.86. The minimum Gasteiger partial charge on any atom is -0.497 e. The average molecular weight is 716 g/mol. The number of hydrogen-bond acceptors (Lipinski definition) is 10. The molecule has 1 aliphatic heterocycles. The molecule has 2 heterocycles. The maximum atomic E-state index is 12.9. The van der Waals surface area contributed by atoms with Crippen molar-refractivity contribution in [3.05, 3.63) is 129 Å². The molecule has 13 nitrogen and oxygen atoms in total. The van der Waals surface area contributed by atoms with Crippen LogP contribution in [-0.2, 0) is 29.3 Å². The van der Waals surface area contributed by atoms with E-state index in [2.05, 4.69) is 4.98 Å². The second kappa shape index (κ2) is 15.5. The van der Waals surface area contributed by atoms with Gasteiger partial charge in [0.15, 0.2) is 6.23 Å². The number of aliphatic hydroxyl groups is 1. The molecule has 1 aliphatic rings. The van der Waals surface area contributed by atoms with Crippen molar-refractivity contribution in [2.75, 3.05) is 41.1 Å². The normalized spacial score (nSPS) is 20.6. The third kappa shape index (κ3) is 7.69. The number of ether oxygens (including phenoxy) is 6. The number of rotatable bonds is 14. The van der Waals surface area contributed by atoms with Crippen LogP contribution in [0.15, 0.2) is 101 Å². The maximum absolute atomic E-state index is 12.9. The number of aromatic amines is 1. The molecule has 1 saturated heterocycles. The van der Waals surface area contributed by atoms with Crippen molar-refractivity contribution < 1.29 is 51.5 Å². The predicted molar refractivity (Wildman–Crippen MR) is 174 cm³/mol. The van der Waals surface area contributed by atoms with Crippen LogP contribution in [0.4, 0.5) is 13.2 Å². The number of nitrogens with one attached hydrogen (secondary N) is 2. The van der Waals surface area contributed by atoms with Gasteiger partial charge in [0, 0.05) is 25.9 Å². The number of aliphatic hydroxyl groups excluding tert-OH is 1. The molecule has 0 aliphatic carbocycles. The summed E-state index contributed by atoms with van der Waals surface area (Å²) in [4.78, 5) is 38.3. The number of nitrogens with zero attached hydrogens (tertiary/aromatic N) is 1. The van der Waals surface area contributed by atoms with Gasteiger partial charge in [0.25, 0.3) is 5.56 Å². The Morgan fingerprint density at radius 3 is 1.98 bits per heavy atom. The first kappa shape index (κ1) is 37.3. The van der Waals surface area contributed by atoms with Gasteiger partial charge in [0.2, 0.25) is 5.79 Å². The smallest absolute Gasteiger partial charge is 0.471 e. The van der Waals surface area contributed by atoms with Crippen molar-refractivity contribution in [3.8, 4) is 11.5 Å². The molecular formula is C35H36F3N3O10. The molecule has 1 amide bonds. The fourth-order valence-electron chi connectivity index (χ4n) is 5.89. The molecule has 0 spiro atoms. The highest BCUT2D eigenvalue weighted by Crippen LogP contribution is 2.45. The Balaban J connectivity index is 1.63. The van der Waals surface area contributed by atoms with Crippen molar-refractivity contribution in [2.24, 2.45) is 0 Å². The van der Waals surface area contributed by atoms with Crippen LogP contribution in [0.3, 0.4) is 0 Å². The number of carbonyl (C=O) groups is 1. The summed E-state index contributed by atoms with van der Waals surface area (Å²) in [5.41, 5.74) is -1.25. The number of hydrogen-bond donors (Lipinski definition) is 3. The number of methoxy groups -OCH3 is 3. The van der Waals surface area contributed by atoms with Gasteiger partial charge in [-0.3, -0.25) is 19.1 Å². The van der Waals surface area contributed by atoms with E-state index in [4.69, 9.17) is 28.4 Å². The minimum absolute atomic E-state index is 0.558. The number of alkyl halides is 3. The molecule has 0 saturated carbocycles. The zero-order chi connectivity index (χ0) is 36.8. The first-order chi connectivity index (χ1) is 24.4. The summed E-state index contributed by atoms with van der Waals surface area (Å²) < 4.78 is 75.2. The Morgan fingerprint density at radius 2 is 1.47 bits per heavy atom. The molecule has 3 N–H and O–H groups in total. The monoisotopic (exact) mass is 715 g/mol. The average Bonchev–Trinajstić information content (AvgIpc) is 3.41. The van der Waals surface area contributed by atoms with E-state index >= 15 is 0 Å². The SMILES string of the molecule is COc1ccc(C(OC[C@@]2(OCCNC(=O)C(F)(F)F)O[C@@H](n3ccc(=O)[nH]c3=O)[C@H](OC)[C@@H]2O)(c2ccccc2)c2ccc(OC)cc2)cc1. The van der Waals surface area contributed by atoms with Crippen LogP contribution in [0.5, 0.6) is 11.5 Å². The van der Waals surface area contributed by atoms with E-state index in [9.17, 15) is 32.7 Å². The molecule has 272 valence electrons. The molecule has 0 unspecified atom stereocenters. The molecule has 5 rings (SSSR count). The molecule has 1 aromatic heterocycles. The van der Waals surface area contributed by atoms with E-state index < -0.39 is 72.9 Å². The lowest BCUT2D eigenvalue weighted by Gasteiger charge is -2.40. The van der Waals surface area contributed by atoms with E-state index in [0.717, 1.165) is 16.8 Å². The summed E-state index contributed by atoms with van der Waals surface area (Å²) in [5, 5.41) is 13.5. The van der Waals surface area contributed by atoms with Crippen LogP contribution in [0.1, 0.15) is 22.9 Å². The van der Waals surface area contributed by atoms with Gasteiger partial charge in [-0.1, -0.05) is 54.6 Å². The number of aromatic nitrogens is 2. The highest BCUT2D eigenvalue weighted by molar-refractivity contribution is 5.81. The van der Waals surface area contributed by atoms with E-state index in [1.807, 2.05) is 18.2 Å². The van der Waals surface area contributed by atoms with E-state index in [0.29, 0.717) is 28.2 Å². The quantitative estimate of drug-likeness (QED) is 0.131. The van der Waals surface area contributed by atoms with Gasteiger partial charge in [-0.2, -0.15) is 13.2 Å². The summed E-state index contributed by atoms with van der Waals surface area (Å²) in [6.45, 7) is -1.87. The van der Waals surface area contributed by atoms with Crippen LogP contribution >= 0.6 is 0 Å². The summed E-state index contributed by atoms with van der Waals surface area (Å²) in [6.07, 6.45) is -8.50. The lowest BCUT2D eigenvalue weighted by atomic mass is 9.80. The molecule has 51 heavy (non-hydrogen) atoms. The molecule has 0 bridgehead atoms. The van der Waals surface area contributed by atoms with Crippen molar-refractivity contribution in [1.82, 2.24) is 14.9 Å². The second-order valence-electron chi connectivity index (χ2n) is 11.4. The number of halogens is 3. The number of amides is 1. The maximum Gasteiger partial charge on any atom is 0.471 e. The standard InChI is InChI=1S/C35H36F3N3O10/c1-46-25-13-9-23(10-14-25)34(22-7-5-4-6-8-22,24-11-15-26(47-2)16-12-24)50-21-33(49-20-18-39-31(44)35(36,37)38)29(43)28(48-3)30(51-33)41-19-17-27(42)40-32(41)45/h4-17,19,28-30,43H,18,20-21H2,1-3H3,(H,39,44)(H,40,42,45)/t28-,29+,30-,33-/m1/s1. The number of carbonyl (C=O) groups excluding carboxylic acids is 1. The van der Waals surface area contributed by atoms with Gasteiger partial charge in [-0.15, -0.1) is 0 Å². The summed E-state index contributed by atoms with van der Waals surface area (Å²) in [6, 6.07) is 24.2. The van der Waals surface area contributed by atoms with Crippen LogP contribution in [0, 0.1) is 0 Å². The van der Waals surface area contributed by atoms with Crippen LogP contribution in [-0.4, -0.2) is 85.8 Å². The largest absolute Gasteiger partial charge is 0.497 e. The van der Waals surface area contributed by atoms with Crippen molar-refractivity contribution >= 4 is 5.91 Å². The molecular weight excluding hydrogens is 679 g/mol. The van der Waals surface area contributed by atoms with Crippen molar-refractivity contribution in [2.45, 2.75) is 36.0 Å². The Labute approximate surface area is 289 Å². The van der Waals surface area contributed by atoms with E-state index in [1.54, 1.807) is 66.0 Å². The highest BCUT2D eigenvalue weighted by atomic mass is 19.4. The molecule has 0 radical (unpaired) electrons.